The van der Waals surface area contributed by atoms with Gasteiger partial charge in [-0.2, -0.15) is 0 Å². The first kappa shape index (κ1) is 25.8. The zero-order valence-electron chi connectivity index (χ0n) is 22.0. The molecule has 0 unspecified atom stereocenters. The number of unbranched alkanes of at least 4 members (excludes halogenated alkanes) is 2. The summed E-state index contributed by atoms with van der Waals surface area (Å²) in [5.41, 5.74) is 3.64. The summed E-state index contributed by atoms with van der Waals surface area (Å²) >= 11 is 0. The van der Waals surface area contributed by atoms with Gasteiger partial charge in [-0.3, -0.25) is 9.59 Å². The molecule has 0 aliphatic heterocycles. The van der Waals surface area contributed by atoms with Gasteiger partial charge in [0.05, 0.1) is 0 Å². The number of hydrogen-bond acceptors (Lipinski definition) is 4. The summed E-state index contributed by atoms with van der Waals surface area (Å²) in [7, 11) is 0. The molecular weight excluding hydrogens is 462 g/mol. The lowest BCUT2D eigenvalue weighted by Gasteiger charge is -2.50. The number of Topliss-reactive ketones (excluding diaryl/α,β-unsaturated/α-hetero) is 1. The van der Waals surface area contributed by atoms with Crippen molar-refractivity contribution >= 4 is 11.7 Å². The van der Waals surface area contributed by atoms with Crippen LogP contribution in [-0.2, 0) is 22.4 Å². The van der Waals surface area contributed by atoms with Gasteiger partial charge in [0.15, 0.2) is 0 Å². The van der Waals surface area contributed by atoms with Crippen molar-refractivity contribution in [2.75, 3.05) is 6.54 Å². The first-order valence-corrected chi connectivity index (χ1v) is 14.2. The average molecular weight is 504 g/mol. The number of ketones is 1. The van der Waals surface area contributed by atoms with E-state index in [2.05, 4.69) is 18.3 Å². The Kier molecular flexibility index (Phi) is 7.60. The minimum Gasteiger partial charge on any atom is -0.508 e. The molecule has 5 atom stereocenters. The minimum atomic E-state index is -0.169. The second kappa shape index (κ2) is 10.9. The number of aromatic hydroxyl groups is 2. The molecule has 2 saturated carbocycles. The lowest BCUT2D eigenvalue weighted by molar-refractivity contribution is -0.129. The molecule has 0 saturated heterocycles. The van der Waals surface area contributed by atoms with E-state index in [9.17, 15) is 19.8 Å². The maximum absolute atomic E-state index is 13.2. The fraction of sp³-hybridized carbons (Fsp3) is 0.562. The number of phenolic OH excluding ortho intramolecular Hbond substituents is 2. The summed E-state index contributed by atoms with van der Waals surface area (Å²) in [6, 6.07) is 13.0. The van der Waals surface area contributed by atoms with Crippen molar-refractivity contribution in [3.63, 3.8) is 0 Å². The van der Waals surface area contributed by atoms with Crippen LogP contribution in [0, 0.1) is 23.2 Å². The second-order valence-corrected chi connectivity index (χ2v) is 11.9. The highest BCUT2D eigenvalue weighted by Gasteiger charge is 2.58. The number of phenols is 2. The Morgan fingerprint density at radius 2 is 1.81 bits per heavy atom. The Hall–Kier alpha value is -2.82. The van der Waals surface area contributed by atoms with Crippen LogP contribution < -0.4 is 5.32 Å². The molecule has 0 aromatic heterocycles. The summed E-state index contributed by atoms with van der Waals surface area (Å²) < 4.78 is 0. The number of hydrogen-bond donors (Lipinski definition) is 3. The van der Waals surface area contributed by atoms with Crippen LogP contribution in [0.5, 0.6) is 11.5 Å². The van der Waals surface area contributed by atoms with Crippen molar-refractivity contribution in [1.29, 1.82) is 0 Å². The summed E-state index contributed by atoms with van der Waals surface area (Å²) in [6.45, 7) is 2.85. The zero-order chi connectivity index (χ0) is 26.0. The standard InChI is InChI=1S/C32H41NO4/c1-32-17-15-27-26-14-12-25(35)19-22(26)9-13-28(27)31(32)23(20-29(32)36)5-3-2-4-6-30(37)33-18-16-21-7-10-24(34)11-8-21/h7-8,10-12,14,19,23,27-28,31,34-35H,2-6,9,13,15-18,20H2,1H3,(H,33,37)/t23-,27-,28-,31+,32-/m1/s1. The van der Waals surface area contributed by atoms with Crippen LogP contribution in [0.3, 0.4) is 0 Å². The number of aryl methyl sites for hydroxylation is 1. The molecule has 3 aliphatic carbocycles. The number of carbonyl (C=O) groups excluding carboxylic acids is 2. The molecule has 2 aromatic rings. The van der Waals surface area contributed by atoms with Crippen molar-refractivity contribution in [3.05, 3.63) is 59.2 Å². The fourth-order valence-corrected chi connectivity index (χ4v) is 7.86. The molecule has 198 valence electrons. The van der Waals surface area contributed by atoms with Gasteiger partial charge in [-0.15, -0.1) is 0 Å². The molecule has 37 heavy (non-hydrogen) atoms. The number of fused-ring (bicyclic) bond motifs is 5. The SMILES string of the molecule is C[C@]12CC[C@@H]3c4ccc(O)cc4CC[C@H]3[C@@H]1[C@H](CCCCCC(=O)NCCc1ccc(O)cc1)CC2=O. The van der Waals surface area contributed by atoms with E-state index in [1.807, 2.05) is 24.3 Å². The van der Waals surface area contributed by atoms with Gasteiger partial charge in [-0.05, 0) is 110 Å². The van der Waals surface area contributed by atoms with Gasteiger partial charge in [0, 0.05) is 24.8 Å². The molecule has 0 spiro atoms. The highest BCUT2D eigenvalue weighted by Crippen LogP contribution is 2.62. The van der Waals surface area contributed by atoms with Crippen LogP contribution in [0.4, 0.5) is 0 Å². The van der Waals surface area contributed by atoms with Gasteiger partial charge in [0.1, 0.15) is 17.3 Å². The van der Waals surface area contributed by atoms with E-state index in [0.717, 1.165) is 69.8 Å². The predicted molar refractivity (Wildman–Crippen MR) is 145 cm³/mol. The zero-order valence-corrected chi connectivity index (χ0v) is 22.0. The van der Waals surface area contributed by atoms with Crippen LogP contribution in [0.2, 0.25) is 0 Å². The highest BCUT2D eigenvalue weighted by atomic mass is 16.3. The van der Waals surface area contributed by atoms with E-state index < -0.39 is 0 Å². The molecule has 0 heterocycles. The van der Waals surface area contributed by atoms with E-state index >= 15 is 0 Å². The molecule has 1 amide bonds. The van der Waals surface area contributed by atoms with Crippen molar-refractivity contribution in [2.45, 2.75) is 83.5 Å². The van der Waals surface area contributed by atoms with Crippen LogP contribution in [0.15, 0.2) is 42.5 Å². The Bertz CT molecular complexity index is 1130. The molecule has 0 radical (unpaired) electrons. The largest absolute Gasteiger partial charge is 0.508 e. The molecule has 5 heteroatoms. The van der Waals surface area contributed by atoms with E-state index in [4.69, 9.17) is 0 Å². The second-order valence-electron chi connectivity index (χ2n) is 11.9. The Morgan fingerprint density at radius 1 is 1.03 bits per heavy atom. The van der Waals surface area contributed by atoms with Crippen LogP contribution in [0.1, 0.15) is 87.3 Å². The van der Waals surface area contributed by atoms with E-state index in [-0.39, 0.29) is 17.1 Å². The topological polar surface area (TPSA) is 86.6 Å². The third-order valence-corrected chi connectivity index (χ3v) is 9.70. The third-order valence-electron chi connectivity index (χ3n) is 9.70. The molecular formula is C32H41NO4. The van der Waals surface area contributed by atoms with Crippen molar-refractivity contribution in [1.82, 2.24) is 5.32 Å². The molecule has 5 rings (SSSR count). The summed E-state index contributed by atoms with van der Waals surface area (Å²) in [6.07, 6.45) is 10.3. The molecule has 2 aromatic carbocycles. The van der Waals surface area contributed by atoms with Gasteiger partial charge >= 0.3 is 0 Å². The summed E-state index contributed by atoms with van der Waals surface area (Å²) in [4.78, 5) is 25.5. The van der Waals surface area contributed by atoms with Crippen LogP contribution >= 0.6 is 0 Å². The number of nitrogens with one attached hydrogen (secondary N) is 1. The number of rotatable bonds is 9. The van der Waals surface area contributed by atoms with Gasteiger partial charge in [0.25, 0.3) is 0 Å². The quantitative estimate of drug-likeness (QED) is 0.363. The van der Waals surface area contributed by atoms with Crippen LogP contribution in [0.25, 0.3) is 0 Å². The molecule has 3 aliphatic rings. The van der Waals surface area contributed by atoms with Gasteiger partial charge in [-0.25, -0.2) is 0 Å². The van der Waals surface area contributed by atoms with Crippen molar-refractivity contribution in [3.8, 4) is 11.5 Å². The average Bonchev–Trinajstić information content (AvgIpc) is 3.14. The molecule has 0 bridgehead atoms. The maximum atomic E-state index is 13.2. The Morgan fingerprint density at radius 3 is 2.62 bits per heavy atom. The molecule has 5 nitrogen and oxygen atoms in total. The van der Waals surface area contributed by atoms with E-state index in [1.165, 1.54) is 11.1 Å². The lowest BCUT2D eigenvalue weighted by atomic mass is 9.54. The first-order valence-electron chi connectivity index (χ1n) is 14.2. The predicted octanol–water partition coefficient (Wildman–Crippen LogP) is 6.06. The summed E-state index contributed by atoms with van der Waals surface area (Å²) in [5.74, 6) is 3.19. The van der Waals surface area contributed by atoms with E-state index in [1.54, 1.807) is 12.1 Å². The van der Waals surface area contributed by atoms with Crippen LogP contribution in [-0.4, -0.2) is 28.4 Å². The third kappa shape index (κ3) is 5.42. The minimum absolute atomic E-state index is 0.101. The monoisotopic (exact) mass is 503 g/mol. The molecule has 2 fully saturated rings. The van der Waals surface area contributed by atoms with Gasteiger partial charge < -0.3 is 15.5 Å². The maximum Gasteiger partial charge on any atom is 0.220 e. The number of carbonyl (C=O) groups is 2. The van der Waals surface area contributed by atoms with E-state index in [0.29, 0.717) is 48.2 Å². The van der Waals surface area contributed by atoms with Gasteiger partial charge in [-0.1, -0.05) is 38.0 Å². The fourth-order valence-electron chi connectivity index (χ4n) is 7.86. The number of amides is 1. The first-order chi connectivity index (χ1) is 17.8. The van der Waals surface area contributed by atoms with Crippen molar-refractivity contribution < 1.29 is 19.8 Å². The Labute approximate surface area is 220 Å². The lowest BCUT2D eigenvalue weighted by Crippen LogP contribution is -2.44. The molecule has 3 N–H and O–H groups in total. The number of benzene rings is 2. The smallest absolute Gasteiger partial charge is 0.220 e. The van der Waals surface area contributed by atoms with Gasteiger partial charge in [0.2, 0.25) is 5.91 Å². The normalized spacial score (nSPS) is 28.3. The van der Waals surface area contributed by atoms with Crippen molar-refractivity contribution in [2.24, 2.45) is 23.2 Å². The highest BCUT2D eigenvalue weighted by molar-refractivity contribution is 5.87. The summed E-state index contributed by atoms with van der Waals surface area (Å²) in [5, 5.41) is 22.3. The Balaban J connectivity index is 1.09.